The molecule has 0 radical (unpaired) electrons. The van der Waals surface area contributed by atoms with Gasteiger partial charge in [-0.1, -0.05) is 30.3 Å². The minimum atomic E-state index is -0.297. The van der Waals surface area contributed by atoms with Gasteiger partial charge in [0.25, 0.3) is 0 Å². The summed E-state index contributed by atoms with van der Waals surface area (Å²) in [5.74, 6) is 0.124. The predicted molar refractivity (Wildman–Crippen MR) is 86.8 cm³/mol. The van der Waals surface area contributed by atoms with E-state index in [1.54, 1.807) is 4.90 Å². The van der Waals surface area contributed by atoms with Crippen molar-refractivity contribution in [2.75, 3.05) is 6.54 Å². The maximum absolute atomic E-state index is 12.5. The molecule has 3 atom stereocenters. The third-order valence-corrected chi connectivity index (χ3v) is 4.81. The maximum Gasteiger partial charge on any atom is 0.410 e. The molecule has 0 spiro atoms. The van der Waals surface area contributed by atoms with Crippen molar-refractivity contribution in [1.29, 1.82) is 0 Å². The van der Waals surface area contributed by atoms with Gasteiger partial charge >= 0.3 is 6.09 Å². The van der Waals surface area contributed by atoms with Gasteiger partial charge in [0.05, 0.1) is 24.2 Å². The highest BCUT2D eigenvalue weighted by Crippen LogP contribution is 2.38. The lowest BCUT2D eigenvalue weighted by molar-refractivity contribution is -0.131. The summed E-state index contributed by atoms with van der Waals surface area (Å²) in [7, 11) is 0. The lowest BCUT2D eigenvalue weighted by Gasteiger charge is -2.31. The number of rotatable bonds is 3. The summed E-state index contributed by atoms with van der Waals surface area (Å²) < 4.78 is 5.32. The number of amides is 2. The van der Waals surface area contributed by atoms with E-state index in [-0.39, 0.29) is 36.2 Å². The smallest absolute Gasteiger partial charge is 0.410 e. The molecule has 3 rings (SSSR count). The molecule has 0 aromatic heterocycles. The molecule has 0 saturated carbocycles. The average Bonchev–Trinajstić information content (AvgIpc) is 3.04. The van der Waals surface area contributed by atoms with E-state index in [9.17, 15) is 9.59 Å². The highest BCUT2D eigenvalue weighted by molar-refractivity contribution is 5.82. The SMILES string of the molecule is CC(C)OC(=O)N1CC[C@H]2[C@@H]1CC(=O)N2C(C)c1ccccc1. The Labute approximate surface area is 137 Å². The van der Waals surface area contributed by atoms with Gasteiger partial charge in [-0.3, -0.25) is 4.79 Å². The number of carbonyl (C=O) groups excluding carboxylic acids is 2. The Morgan fingerprint density at radius 2 is 1.87 bits per heavy atom. The zero-order chi connectivity index (χ0) is 16.6. The number of benzene rings is 1. The Morgan fingerprint density at radius 1 is 1.17 bits per heavy atom. The average molecular weight is 316 g/mol. The topological polar surface area (TPSA) is 49.9 Å². The van der Waals surface area contributed by atoms with Gasteiger partial charge in [-0.2, -0.15) is 0 Å². The van der Waals surface area contributed by atoms with Crippen molar-refractivity contribution in [3.63, 3.8) is 0 Å². The minimum absolute atomic E-state index is 0.0276. The molecule has 0 bridgehead atoms. The van der Waals surface area contributed by atoms with Crippen molar-refractivity contribution in [2.45, 2.75) is 57.8 Å². The third kappa shape index (κ3) is 2.92. The summed E-state index contributed by atoms with van der Waals surface area (Å²) in [5, 5.41) is 0. The number of likely N-dealkylation sites (tertiary alicyclic amines) is 2. The van der Waals surface area contributed by atoms with E-state index >= 15 is 0 Å². The predicted octanol–water partition coefficient (Wildman–Crippen LogP) is 2.97. The normalized spacial score (nSPS) is 25.0. The quantitative estimate of drug-likeness (QED) is 0.861. The maximum atomic E-state index is 12.5. The van der Waals surface area contributed by atoms with Crippen molar-refractivity contribution < 1.29 is 14.3 Å². The molecule has 2 aliphatic rings. The van der Waals surface area contributed by atoms with Gasteiger partial charge in [0, 0.05) is 13.0 Å². The molecule has 2 heterocycles. The zero-order valence-electron chi connectivity index (χ0n) is 13.9. The van der Waals surface area contributed by atoms with Gasteiger partial charge < -0.3 is 14.5 Å². The van der Waals surface area contributed by atoms with Gasteiger partial charge in [-0.05, 0) is 32.8 Å². The molecule has 23 heavy (non-hydrogen) atoms. The second-order valence-corrected chi connectivity index (χ2v) is 6.64. The van der Waals surface area contributed by atoms with Crippen LogP contribution in [0.15, 0.2) is 30.3 Å². The van der Waals surface area contributed by atoms with Gasteiger partial charge in [0.1, 0.15) is 0 Å². The van der Waals surface area contributed by atoms with Crippen LogP contribution in [0.25, 0.3) is 0 Å². The number of carbonyl (C=O) groups is 2. The first kappa shape index (κ1) is 15.8. The van der Waals surface area contributed by atoms with E-state index in [0.717, 1.165) is 12.0 Å². The number of ether oxygens (including phenoxy) is 1. The van der Waals surface area contributed by atoms with Crippen LogP contribution in [0.1, 0.15) is 45.2 Å². The Bertz CT molecular complexity index is 587. The summed E-state index contributed by atoms with van der Waals surface area (Å²) >= 11 is 0. The highest BCUT2D eigenvalue weighted by Gasteiger charge is 2.50. The van der Waals surface area contributed by atoms with Crippen LogP contribution in [0.3, 0.4) is 0 Å². The van der Waals surface area contributed by atoms with Crippen LogP contribution < -0.4 is 0 Å². The molecule has 0 N–H and O–H groups in total. The molecule has 5 heteroatoms. The fraction of sp³-hybridized carbons (Fsp3) is 0.556. The van der Waals surface area contributed by atoms with Gasteiger partial charge in [0.2, 0.25) is 5.91 Å². The molecule has 0 aliphatic carbocycles. The highest BCUT2D eigenvalue weighted by atomic mass is 16.6. The summed E-state index contributed by atoms with van der Waals surface area (Å²) in [6.07, 6.45) is 0.781. The fourth-order valence-electron chi connectivity index (χ4n) is 3.77. The molecular weight excluding hydrogens is 292 g/mol. The van der Waals surface area contributed by atoms with Crippen LogP contribution in [0, 0.1) is 0 Å². The van der Waals surface area contributed by atoms with E-state index in [1.807, 2.05) is 49.1 Å². The van der Waals surface area contributed by atoms with Crippen molar-refractivity contribution >= 4 is 12.0 Å². The summed E-state index contributed by atoms with van der Waals surface area (Å²) in [6, 6.07) is 10.1. The molecular formula is C18H24N2O3. The standard InChI is InChI=1S/C18H24N2O3/c1-12(2)23-18(22)19-10-9-15-16(19)11-17(21)20(15)13(3)14-7-5-4-6-8-14/h4-8,12-13,15-16H,9-11H2,1-3H3/t13?,15-,16-/m0/s1. The summed E-state index contributed by atoms with van der Waals surface area (Å²) in [5.41, 5.74) is 1.13. The molecule has 2 amide bonds. The Hall–Kier alpha value is -2.04. The van der Waals surface area contributed by atoms with Crippen molar-refractivity contribution in [1.82, 2.24) is 9.80 Å². The Kier molecular flexibility index (Phi) is 4.28. The number of nitrogens with zero attached hydrogens (tertiary/aromatic N) is 2. The Morgan fingerprint density at radius 3 is 2.52 bits per heavy atom. The van der Waals surface area contributed by atoms with Gasteiger partial charge in [-0.15, -0.1) is 0 Å². The minimum Gasteiger partial charge on any atom is -0.447 e. The first-order chi connectivity index (χ1) is 11.0. The van der Waals surface area contributed by atoms with Crippen molar-refractivity contribution in [3.8, 4) is 0 Å². The van der Waals surface area contributed by atoms with Crippen LogP contribution in [-0.2, 0) is 9.53 Å². The van der Waals surface area contributed by atoms with E-state index in [1.165, 1.54) is 0 Å². The van der Waals surface area contributed by atoms with Crippen LogP contribution in [0.2, 0.25) is 0 Å². The molecule has 124 valence electrons. The number of fused-ring (bicyclic) bond motifs is 1. The number of hydrogen-bond donors (Lipinski definition) is 0. The Balaban J connectivity index is 1.76. The monoisotopic (exact) mass is 316 g/mol. The van der Waals surface area contributed by atoms with E-state index in [0.29, 0.717) is 13.0 Å². The van der Waals surface area contributed by atoms with Crippen LogP contribution in [0.5, 0.6) is 0 Å². The van der Waals surface area contributed by atoms with Crippen LogP contribution in [0.4, 0.5) is 4.79 Å². The van der Waals surface area contributed by atoms with Crippen LogP contribution >= 0.6 is 0 Å². The molecule has 1 aromatic carbocycles. The lowest BCUT2D eigenvalue weighted by atomic mass is 10.0. The van der Waals surface area contributed by atoms with Crippen LogP contribution in [-0.4, -0.2) is 46.5 Å². The van der Waals surface area contributed by atoms with Gasteiger partial charge in [0.15, 0.2) is 0 Å². The summed E-state index contributed by atoms with van der Waals surface area (Å²) in [4.78, 5) is 28.5. The van der Waals surface area contributed by atoms with Crippen molar-refractivity contribution in [2.24, 2.45) is 0 Å². The molecule has 5 nitrogen and oxygen atoms in total. The molecule has 2 fully saturated rings. The first-order valence-electron chi connectivity index (χ1n) is 8.32. The lowest BCUT2D eigenvalue weighted by Crippen LogP contribution is -2.41. The third-order valence-electron chi connectivity index (χ3n) is 4.81. The largest absolute Gasteiger partial charge is 0.447 e. The van der Waals surface area contributed by atoms with E-state index in [2.05, 4.69) is 6.92 Å². The second kappa shape index (κ2) is 6.22. The number of hydrogen-bond acceptors (Lipinski definition) is 3. The van der Waals surface area contributed by atoms with Gasteiger partial charge in [-0.25, -0.2) is 4.79 Å². The van der Waals surface area contributed by atoms with E-state index in [4.69, 9.17) is 4.74 Å². The molecule has 1 aromatic rings. The van der Waals surface area contributed by atoms with Crippen molar-refractivity contribution in [3.05, 3.63) is 35.9 Å². The molecule has 1 unspecified atom stereocenters. The molecule has 2 saturated heterocycles. The molecule has 2 aliphatic heterocycles. The second-order valence-electron chi connectivity index (χ2n) is 6.64. The summed E-state index contributed by atoms with van der Waals surface area (Å²) in [6.45, 7) is 6.40. The first-order valence-corrected chi connectivity index (χ1v) is 8.32. The van der Waals surface area contributed by atoms with E-state index < -0.39 is 0 Å². The fourth-order valence-corrected chi connectivity index (χ4v) is 3.77. The zero-order valence-corrected chi connectivity index (χ0v) is 13.9.